The van der Waals surface area contributed by atoms with Gasteiger partial charge in [0, 0.05) is 22.7 Å². The normalized spacial score (nSPS) is 21.9. The summed E-state index contributed by atoms with van der Waals surface area (Å²) in [6, 6.07) is 8.84. The van der Waals surface area contributed by atoms with E-state index in [-0.39, 0.29) is 0 Å². The van der Waals surface area contributed by atoms with Crippen molar-refractivity contribution in [2.45, 2.75) is 18.9 Å². The first-order valence-corrected chi connectivity index (χ1v) is 5.87. The number of benzene rings is 1. The fourth-order valence-corrected chi connectivity index (χ4v) is 2.17. The predicted molar refractivity (Wildman–Crippen MR) is 63.7 cm³/mol. The van der Waals surface area contributed by atoms with E-state index in [0.29, 0.717) is 6.04 Å². The molecule has 1 aromatic rings. The van der Waals surface area contributed by atoms with Crippen LogP contribution in [0.3, 0.4) is 0 Å². The standard InChI is InChI=1S/C11H15BrN2/c12-10-5-1-2-6-11(10)14-9-4-3-7-13-8-9/h1-2,5-6,9,13-14H,3-4,7-8H2. The van der Waals surface area contributed by atoms with Gasteiger partial charge in [-0.25, -0.2) is 0 Å². The number of nitrogens with one attached hydrogen (secondary N) is 2. The topological polar surface area (TPSA) is 24.1 Å². The smallest absolute Gasteiger partial charge is 0.0487 e. The van der Waals surface area contributed by atoms with Crippen molar-refractivity contribution in [2.75, 3.05) is 18.4 Å². The Morgan fingerprint density at radius 1 is 1.36 bits per heavy atom. The van der Waals surface area contributed by atoms with E-state index in [0.717, 1.165) is 17.6 Å². The van der Waals surface area contributed by atoms with E-state index < -0.39 is 0 Å². The molecule has 1 heterocycles. The number of halogens is 1. The first-order valence-electron chi connectivity index (χ1n) is 5.08. The van der Waals surface area contributed by atoms with Gasteiger partial charge in [0.2, 0.25) is 0 Å². The van der Waals surface area contributed by atoms with Gasteiger partial charge in [-0.1, -0.05) is 12.1 Å². The second kappa shape index (κ2) is 4.80. The van der Waals surface area contributed by atoms with Gasteiger partial charge in [0.1, 0.15) is 0 Å². The van der Waals surface area contributed by atoms with Crippen LogP contribution in [0.1, 0.15) is 12.8 Å². The van der Waals surface area contributed by atoms with Gasteiger partial charge in [0.05, 0.1) is 0 Å². The number of rotatable bonds is 2. The highest BCUT2D eigenvalue weighted by atomic mass is 79.9. The first kappa shape index (κ1) is 9.99. The van der Waals surface area contributed by atoms with Crippen molar-refractivity contribution in [3.8, 4) is 0 Å². The number of hydrogen-bond donors (Lipinski definition) is 2. The van der Waals surface area contributed by atoms with E-state index in [2.05, 4.69) is 44.8 Å². The lowest BCUT2D eigenvalue weighted by molar-refractivity contribution is 0.480. The second-order valence-corrected chi connectivity index (χ2v) is 4.52. The fraction of sp³-hybridized carbons (Fsp3) is 0.455. The summed E-state index contributed by atoms with van der Waals surface area (Å²) < 4.78 is 1.14. The van der Waals surface area contributed by atoms with Crippen LogP contribution >= 0.6 is 15.9 Å². The van der Waals surface area contributed by atoms with E-state index in [1.165, 1.54) is 18.5 Å². The van der Waals surface area contributed by atoms with E-state index >= 15 is 0 Å². The number of para-hydroxylation sites is 1. The second-order valence-electron chi connectivity index (χ2n) is 3.67. The van der Waals surface area contributed by atoms with Crippen LogP contribution in [-0.2, 0) is 0 Å². The summed E-state index contributed by atoms with van der Waals surface area (Å²) in [7, 11) is 0. The molecule has 2 N–H and O–H groups in total. The van der Waals surface area contributed by atoms with E-state index in [1.54, 1.807) is 0 Å². The molecule has 0 amide bonds. The molecule has 1 saturated heterocycles. The Bertz CT molecular complexity index is 295. The molecule has 2 nitrogen and oxygen atoms in total. The zero-order valence-electron chi connectivity index (χ0n) is 8.09. The highest BCUT2D eigenvalue weighted by Gasteiger charge is 2.12. The molecule has 0 bridgehead atoms. The molecule has 0 aliphatic carbocycles. The van der Waals surface area contributed by atoms with Crippen LogP contribution in [0.5, 0.6) is 0 Å². The Morgan fingerprint density at radius 3 is 2.93 bits per heavy atom. The maximum Gasteiger partial charge on any atom is 0.0487 e. The van der Waals surface area contributed by atoms with E-state index in [4.69, 9.17) is 0 Å². The van der Waals surface area contributed by atoms with Crippen molar-refractivity contribution in [3.63, 3.8) is 0 Å². The van der Waals surface area contributed by atoms with Crippen LogP contribution in [0.25, 0.3) is 0 Å². The number of anilines is 1. The van der Waals surface area contributed by atoms with Crippen molar-refractivity contribution in [1.29, 1.82) is 0 Å². The van der Waals surface area contributed by atoms with Crippen molar-refractivity contribution >= 4 is 21.6 Å². The maximum absolute atomic E-state index is 3.54. The predicted octanol–water partition coefficient (Wildman–Crippen LogP) is 2.61. The van der Waals surface area contributed by atoms with Gasteiger partial charge < -0.3 is 10.6 Å². The first-order chi connectivity index (χ1) is 6.86. The van der Waals surface area contributed by atoms with Crippen LogP contribution in [0.2, 0.25) is 0 Å². The SMILES string of the molecule is Brc1ccccc1NC1CCCNC1. The molecule has 0 spiro atoms. The maximum atomic E-state index is 3.54. The molecule has 0 saturated carbocycles. The monoisotopic (exact) mass is 254 g/mol. The third kappa shape index (κ3) is 2.49. The highest BCUT2D eigenvalue weighted by Crippen LogP contribution is 2.22. The zero-order valence-corrected chi connectivity index (χ0v) is 9.68. The van der Waals surface area contributed by atoms with Crippen LogP contribution in [0.4, 0.5) is 5.69 Å². The summed E-state index contributed by atoms with van der Waals surface area (Å²) in [4.78, 5) is 0. The molecule has 1 atom stereocenters. The third-order valence-electron chi connectivity index (χ3n) is 2.53. The molecular weight excluding hydrogens is 240 g/mol. The zero-order chi connectivity index (χ0) is 9.80. The molecule has 1 fully saturated rings. The Balaban J connectivity index is 1.99. The Hall–Kier alpha value is -0.540. The van der Waals surface area contributed by atoms with Crippen LogP contribution in [-0.4, -0.2) is 19.1 Å². The van der Waals surface area contributed by atoms with Gasteiger partial charge in [-0.05, 0) is 47.4 Å². The Kier molecular flexibility index (Phi) is 3.43. The largest absolute Gasteiger partial charge is 0.380 e. The average molecular weight is 255 g/mol. The minimum absolute atomic E-state index is 0.572. The molecule has 14 heavy (non-hydrogen) atoms. The van der Waals surface area contributed by atoms with Gasteiger partial charge in [-0.2, -0.15) is 0 Å². The molecule has 1 unspecified atom stereocenters. The van der Waals surface area contributed by atoms with E-state index in [1.807, 2.05) is 6.07 Å². The van der Waals surface area contributed by atoms with Gasteiger partial charge in [0.15, 0.2) is 0 Å². The summed E-state index contributed by atoms with van der Waals surface area (Å²) in [6.45, 7) is 2.23. The third-order valence-corrected chi connectivity index (χ3v) is 3.22. The van der Waals surface area contributed by atoms with Gasteiger partial charge in [-0.3, -0.25) is 0 Å². The Labute approximate surface area is 93.2 Å². The molecular formula is C11H15BrN2. The van der Waals surface area contributed by atoms with Crippen LogP contribution < -0.4 is 10.6 Å². The summed E-state index contributed by atoms with van der Waals surface area (Å²) >= 11 is 3.54. The molecule has 1 aliphatic rings. The fourth-order valence-electron chi connectivity index (χ4n) is 1.77. The van der Waals surface area contributed by atoms with Crippen LogP contribution in [0.15, 0.2) is 28.7 Å². The molecule has 3 heteroatoms. The van der Waals surface area contributed by atoms with Gasteiger partial charge in [-0.15, -0.1) is 0 Å². The molecule has 1 aromatic carbocycles. The van der Waals surface area contributed by atoms with Crippen LogP contribution in [0, 0.1) is 0 Å². The average Bonchev–Trinajstić information content (AvgIpc) is 2.23. The number of hydrogen-bond acceptors (Lipinski definition) is 2. The lowest BCUT2D eigenvalue weighted by Gasteiger charge is -2.25. The summed E-state index contributed by atoms with van der Waals surface area (Å²) in [6.07, 6.45) is 2.52. The van der Waals surface area contributed by atoms with Crippen molar-refractivity contribution in [3.05, 3.63) is 28.7 Å². The van der Waals surface area contributed by atoms with Crippen molar-refractivity contribution in [1.82, 2.24) is 5.32 Å². The molecule has 76 valence electrons. The molecule has 2 rings (SSSR count). The molecule has 1 aliphatic heterocycles. The highest BCUT2D eigenvalue weighted by molar-refractivity contribution is 9.10. The summed E-state index contributed by atoms with van der Waals surface area (Å²) in [5, 5.41) is 6.94. The molecule has 0 aromatic heterocycles. The summed E-state index contributed by atoms with van der Waals surface area (Å²) in [5.41, 5.74) is 1.20. The van der Waals surface area contributed by atoms with Crippen molar-refractivity contribution in [2.24, 2.45) is 0 Å². The minimum atomic E-state index is 0.572. The lowest BCUT2D eigenvalue weighted by Crippen LogP contribution is -2.38. The van der Waals surface area contributed by atoms with Gasteiger partial charge in [0.25, 0.3) is 0 Å². The quantitative estimate of drug-likeness (QED) is 0.848. The number of piperidine rings is 1. The molecule has 0 radical (unpaired) electrons. The Morgan fingerprint density at radius 2 is 2.21 bits per heavy atom. The van der Waals surface area contributed by atoms with E-state index in [9.17, 15) is 0 Å². The lowest BCUT2D eigenvalue weighted by atomic mass is 10.1. The minimum Gasteiger partial charge on any atom is -0.380 e. The summed E-state index contributed by atoms with van der Waals surface area (Å²) in [5.74, 6) is 0. The van der Waals surface area contributed by atoms with Gasteiger partial charge >= 0.3 is 0 Å². The van der Waals surface area contributed by atoms with Crippen molar-refractivity contribution < 1.29 is 0 Å².